The molecule has 0 amide bonds. The fraction of sp³-hybridized carbons (Fsp3) is 0.682. The predicted octanol–water partition coefficient (Wildman–Crippen LogP) is 2.30. The highest BCUT2D eigenvalue weighted by Gasteiger charge is 2.41. The molecule has 6 nitrogen and oxygen atoms in total. The minimum absolute atomic E-state index is 0. The molecule has 3 unspecified atom stereocenters. The molecule has 0 spiro atoms. The SMILES string of the molecule is CN=C(NCCCN1CCN(Cc2ccccc2)CC1)NC1CC2CCC1O2.I. The zero-order chi connectivity index (χ0) is 19.2. The Kier molecular flexibility index (Phi) is 9.02. The average molecular weight is 513 g/mol. The quantitative estimate of drug-likeness (QED) is 0.254. The number of ether oxygens (including phenoxy) is 1. The summed E-state index contributed by atoms with van der Waals surface area (Å²) in [7, 11) is 1.86. The van der Waals surface area contributed by atoms with Crippen LogP contribution in [-0.4, -0.2) is 80.3 Å². The maximum absolute atomic E-state index is 5.93. The largest absolute Gasteiger partial charge is 0.373 e. The number of piperazine rings is 1. The molecular weight excluding hydrogens is 477 g/mol. The average Bonchev–Trinajstić information content (AvgIpc) is 3.35. The number of hydrogen-bond acceptors (Lipinski definition) is 4. The van der Waals surface area contributed by atoms with Crippen LogP contribution < -0.4 is 10.6 Å². The van der Waals surface area contributed by atoms with Crippen molar-refractivity contribution in [3.63, 3.8) is 0 Å². The van der Waals surface area contributed by atoms with Gasteiger partial charge in [0.25, 0.3) is 0 Å². The van der Waals surface area contributed by atoms with Crippen molar-refractivity contribution in [1.82, 2.24) is 20.4 Å². The van der Waals surface area contributed by atoms with Crippen LogP contribution in [0.15, 0.2) is 35.3 Å². The predicted molar refractivity (Wildman–Crippen MR) is 129 cm³/mol. The van der Waals surface area contributed by atoms with Gasteiger partial charge in [-0.3, -0.25) is 9.89 Å². The molecule has 0 aliphatic carbocycles. The van der Waals surface area contributed by atoms with E-state index in [0.717, 1.165) is 51.5 Å². The van der Waals surface area contributed by atoms with Crippen LogP contribution in [0.3, 0.4) is 0 Å². The normalized spacial score (nSPS) is 27.6. The number of aliphatic imine (C=N–C) groups is 1. The highest BCUT2D eigenvalue weighted by atomic mass is 127. The van der Waals surface area contributed by atoms with E-state index in [1.54, 1.807) is 0 Å². The van der Waals surface area contributed by atoms with Gasteiger partial charge in [0.05, 0.1) is 18.2 Å². The lowest BCUT2D eigenvalue weighted by atomic mass is 9.96. The molecule has 7 heteroatoms. The monoisotopic (exact) mass is 513 g/mol. The van der Waals surface area contributed by atoms with Crippen LogP contribution >= 0.6 is 24.0 Å². The Bertz CT molecular complexity index is 635. The first-order valence-electron chi connectivity index (χ1n) is 10.9. The summed E-state index contributed by atoms with van der Waals surface area (Å²) in [5.41, 5.74) is 1.42. The summed E-state index contributed by atoms with van der Waals surface area (Å²) in [6.45, 7) is 7.85. The second kappa shape index (κ2) is 11.5. The van der Waals surface area contributed by atoms with Gasteiger partial charge in [0, 0.05) is 46.3 Å². The first kappa shape index (κ1) is 22.8. The van der Waals surface area contributed by atoms with E-state index in [4.69, 9.17) is 4.74 Å². The fourth-order valence-corrected chi connectivity index (χ4v) is 4.68. The maximum atomic E-state index is 5.93. The Hall–Kier alpha value is -0.900. The van der Waals surface area contributed by atoms with Crippen molar-refractivity contribution in [3.8, 4) is 0 Å². The Morgan fingerprint density at radius 3 is 2.52 bits per heavy atom. The van der Waals surface area contributed by atoms with Crippen molar-refractivity contribution in [2.75, 3.05) is 46.3 Å². The molecule has 0 radical (unpaired) electrons. The first-order valence-corrected chi connectivity index (χ1v) is 10.9. The molecule has 3 aliphatic heterocycles. The Labute approximate surface area is 192 Å². The Morgan fingerprint density at radius 2 is 1.86 bits per heavy atom. The van der Waals surface area contributed by atoms with Crippen molar-refractivity contribution >= 4 is 29.9 Å². The van der Waals surface area contributed by atoms with Gasteiger partial charge >= 0.3 is 0 Å². The molecule has 1 aromatic carbocycles. The number of nitrogens with zero attached hydrogens (tertiary/aromatic N) is 3. The summed E-state index contributed by atoms with van der Waals surface area (Å²) in [6.07, 6.45) is 5.55. The summed E-state index contributed by atoms with van der Waals surface area (Å²) >= 11 is 0. The molecular formula is C22H36IN5O. The molecule has 2 bridgehead atoms. The van der Waals surface area contributed by atoms with Crippen LogP contribution in [0.1, 0.15) is 31.2 Å². The minimum atomic E-state index is 0. The molecule has 0 aromatic heterocycles. The highest BCUT2D eigenvalue weighted by molar-refractivity contribution is 14.0. The lowest BCUT2D eigenvalue weighted by molar-refractivity contribution is 0.0992. The van der Waals surface area contributed by atoms with Gasteiger partial charge in [-0.15, -0.1) is 24.0 Å². The zero-order valence-corrected chi connectivity index (χ0v) is 19.9. The van der Waals surface area contributed by atoms with E-state index in [2.05, 4.69) is 55.8 Å². The van der Waals surface area contributed by atoms with Crippen LogP contribution in [0.2, 0.25) is 0 Å². The van der Waals surface area contributed by atoms with Gasteiger partial charge in [-0.2, -0.15) is 0 Å². The van der Waals surface area contributed by atoms with E-state index in [0.29, 0.717) is 18.2 Å². The molecule has 1 aromatic rings. The third kappa shape index (κ3) is 6.54. The number of rotatable bonds is 7. The highest BCUT2D eigenvalue weighted by Crippen LogP contribution is 2.34. The van der Waals surface area contributed by atoms with Gasteiger partial charge in [0.15, 0.2) is 5.96 Å². The third-order valence-corrected chi connectivity index (χ3v) is 6.31. The summed E-state index contributed by atoms with van der Waals surface area (Å²) in [4.78, 5) is 9.54. The molecule has 3 saturated heterocycles. The molecule has 3 aliphatic rings. The molecule has 3 heterocycles. The van der Waals surface area contributed by atoms with Crippen molar-refractivity contribution in [3.05, 3.63) is 35.9 Å². The van der Waals surface area contributed by atoms with Crippen molar-refractivity contribution < 1.29 is 4.74 Å². The molecule has 0 saturated carbocycles. The smallest absolute Gasteiger partial charge is 0.191 e. The van der Waals surface area contributed by atoms with Crippen LogP contribution in [0, 0.1) is 0 Å². The summed E-state index contributed by atoms with van der Waals surface area (Å²) in [5.74, 6) is 0.925. The summed E-state index contributed by atoms with van der Waals surface area (Å²) in [5, 5.41) is 7.04. The van der Waals surface area contributed by atoms with Crippen molar-refractivity contribution in [1.29, 1.82) is 0 Å². The lowest BCUT2D eigenvalue weighted by Gasteiger charge is -2.34. The van der Waals surface area contributed by atoms with Gasteiger partial charge in [-0.25, -0.2) is 0 Å². The summed E-state index contributed by atoms with van der Waals surface area (Å²) in [6, 6.07) is 11.2. The number of fused-ring (bicyclic) bond motifs is 2. The molecule has 162 valence electrons. The second-order valence-corrected chi connectivity index (χ2v) is 8.32. The zero-order valence-electron chi connectivity index (χ0n) is 17.6. The molecule has 29 heavy (non-hydrogen) atoms. The lowest BCUT2D eigenvalue weighted by Crippen LogP contribution is -2.48. The third-order valence-electron chi connectivity index (χ3n) is 6.31. The Morgan fingerprint density at radius 1 is 1.10 bits per heavy atom. The van der Waals surface area contributed by atoms with E-state index in [1.807, 2.05) is 7.05 Å². The molecule has 3 fully saturated rings. The standard InChI is InChI=1S/C22H35N5O.HI/c1-23-22(25-20-16-19-8-9-21(20)28-19)24-10-5-11-26-12-14-27(15-13-26)17-18-6-3-2-4-7-18;/h2-4,6-7,19-21H,5,8-17H2,1H3,(H2,23,24,25);1H. The van der Waals surface area contributed by atoms with E-state index in [1.165, 1.54) is 31.5 Å². The first-order chi connectivity index (χ1) is 13.8. The molecule has 2 N–H and O–H groups in total. The summed E-state index contributed by atoms with van der Waals surface area (Å²) < 4.78 is 5.93. The van der Waals surface area contributed by atoms with E-state index < -0.39 is 0 Å². The van der Waals surface area contributed by atoms with Crippen LogP contribution in [-0.2, 0) is 11.3 Å². The van der Waals surface area contributed by atoms with Gasteiger partial charge < -0.3 is 20.3 Å². The van der Waals surface area contributed by atoms with Gasteiger partial charge in [-0.1, -0.05) is 30.3 Å². The van der Waals surface area contributed by atoms with E-state index >= 15 is 0 Å². The van der Waals surface area contributed by atoms with Crippen LogP contribution in [0.25, 0.3) is 0 Å². The van der Waals surface area contributed by atoms with Gasteiger partial charge in [0.1, 0.15) is 0 Å². The minimum Gasteiger partial charge on any atom is -0.373 e. The molecule has 3 atom stereocenters. The number of halogens is 1. The van der Waals surface area contributed by atoms with Crippen LogP contribution in [0.5, 0.6) is 0 Å². The van der Waals surface area contributed by atoms with E-state index in [9.17, 15) is 0 Å². The van der Waals surface area contributed by atoms with Gasteiger partial charge in [-0.05, 0) is 37.8 Å². The number of guanidine groups is 1. The number of hydrogen-bond donors (Lipinski definition) is 2. The maximum Gasteiger partial charge on any atom is 0.191 e. The van der Waals surface area contributed by atoms with Crippen molar-refractivity contribution in [2.45, 2.75) is 50.5 Å². The fourth-order valence-electron chi connectivity index (χ4n) is 4.68. The van der Waals surface area contributed by atoms with Crippen molar-refractivity contribution in [2.24, 2.45) is 4.99 Å². The van der Waals surface area contributed by atoms with Gasteiger partial charge in [0.2, 0.25) is 0 Å². The second-order valence-electron chi connectivity index (χ2n) is 8.32. The van der Waals surface area contributed by atoms with Crippen LogP contribution in [0.4, 0.5) is 0 Å². The number of benzene rings is 1. The topological polar surface area (TPSA) is 52.1 Å². The van der Waals surface area contributed by atoms with E-state index in [-0.39, 0.29) is 24.0 Å². The number of nitrogens with one attached hydrogen (secondary N) is 2. The Balaban J connectivity index is 0.00000240. The molecule has 4 rings (SSSR count).